The summed E-state index contributed by atoms with van der Waals surface area (Å²) in [6.45, 7) is 0.972. The number of H-pyrrole nitrogens is 1. The molecule has 284 valence electrons. The summed E-state index contributed by atoms with van der Waals surface area (Å²) in [4.78, 5) is 27.8. The Labute approximate surface area is 332 Å². The number of fused-ring (bicyclic) bond motifs is 6. The topological polar surface area (TPSA) is 73.3 Å². The van der Waals surface area contributed by atoms with Crippen LogP contribution in [-0.4, -0.2) is 41.0 Å². The highest BCUT2D eigenvalue weighted by Crippen LogP contribution is 2.47. The molecule has 1 aliphatic heterocycles. The van der Waals surface area contributed by atoms with Gasteiger partial charge < -0.3 is 19.0 Å². The van der Waals surface area contributed by atoms with Crippen molar-refractivity contribution in [1.29, 1.82) is 0 Å². The Kier molecular flexibility index (Phi) is 11.3. The van der Waals surface area contributed by atoms with E-state index >= 15 is 0 Å². The van der Waals surface area contributed by atoms with Gasteiger partial charge in [0.15, 0.2) is 0 Å². The first-order chi connectivity index (χ1) is 27.0. The van der Waals surface area contributed by atoms with E-state index < -0.39 is 0 Å². The third-order valence-corrected chi connectivity index (χ3v) is 12.7. The van der Waals surface area contributed by atoms with Crippen LogP contribution in [0.2, 0.25) is 0 Å². The number of alkyl halides is 1. The first-order valence-corrected chi connectivity index (χ1v) is 21.3. The van der Waals surface area contributed by atoms with Crippen molar-refractivity contribution in [2.45, 2.75) is 95.4 Å². The normalized spacial score (nSPS) is 15.9. The molecule has 0 amide bonds. The summed E-state index contributed by atoms with van der Waals surface area (Å²) in [6, 6.07) is 29.5. The van der Waals surface area contributed by atoms with Crippen molar-refractivity contribution in [3.8, 4) is 22.5 Å². The van der Waals surface area contributed by atoms with Gasteiger partial charge in [0.05, 0.1) is 36.7 Å². The highest BCUT2D eigenvalue weighted by Gasteiger charge is 2.30. The van der Waals surface area contributed by atoms with Crippen LogP contribution < -0.4 is 0 Å². The molecule has 2 fully saturated rings. The van der Waals surface area contributed by atoms with E-state index in [9.17, 15) is 9.59 Å². The highest BCUT2D eigenvalue weighted by atomic mass is 79.9. The third kappa shape index (κ3) is 7.28. The number of benzene rings is 4. The van der Waals surface area contributed by atoms with E-state index in [1.807, 2.05) is 24.3 Å². The van der Waals surface area contributed by atoms with Gasteiger partial charge in [-0.3, -0.25) is 0 Å². The van der Waals surface area contributed by atoms with Gasteiger partial charge in [-0.2, -0.15) is 0 Å². The Bertz CT molecular complexity index is 2340. The Hall–Kier alpha value is -4.62. The summed E-state index contributed by atoms with van der Waals surface area (Å²) >= 11 is 3.59. The van der Waals surface area contributed by atoms with Gasteiger partial charge in [-0.05, 0) is 96.9 Å². The fraction of sp³-hybridized carbons (Fsp3) is 0.375. The Morgan fingerprint density at radius 2 is 1.31 bits per heavy atom. The lowest BCUT2D eigenvalue weighted by Gasteiger charge is -2.26. The summed E-state index contributed by atoms with van der Waals surface area (Å²) in [5.74, 6) is 0.631. The Morgan fingerprint density at radius 3 is 1.98 bits per heavy atom. The second kappa shape index (κ2) is 16.6. The summed E-state index contributed by atoms with van der Waals surface area (Å²) in [5, 5.41) is 3.50. The predicted octanol–water partition coefficient (Wildman–Crippen LogP) is 12.3. The molecule has 2 aliphatic carbocycles. The fourth-order valence-electron chi connectivity index (χ4n) is 9.73. The minimum absolute atomic E-state index is 0.261. The second-order valence-electron chi connectivity index (χ2n) is 15.5. The van der Waals surface area contributed by atoms with Crippen LogP contribution in [0.15, 0.2) is 84.9 Å². The van der Waals surface area contributed by atoms with Crippen molar-refractivity contribution in [3.05, 3.63) is 118 Å². The van der Waals surface area contributed by atoms with Crippen molar-refractivity contribution < 1.29 is 19.1 Å². The summed E-state index contributed by atoms with van der Waals surface area (Å²) < 4.78 is 12.3. The first kappa shape index (κ1) is 37.3. The van der Waals surface area contributed by atoms with E-state index in [2.05, 4.69) is 86.1 Å². The molecule has 2 aromatic heterocycles. The number of carbonyl (C=O) groups excluding carboxylic acids is 2. The van der Waals surface area contributed by atoms with Crippen LogP contribution in [-0.2, 0) is 28.9 Å². The van der Waals surface area contributed by atoms with Crippen molar-refractivity contribution >= 4 is 49.7 Å². The number of rotatable bonds is 7. The molecule has 9 rings (SSSR count). The quantitative estimate of drug-likeness (QED) is 0.129. The van der Waals surface area contributed by atoms with Crippen molar-refractivity contribution in [1.82, 2.24) is 9.55 Å². The van der Waals surface area contributed by atoms with Gasteiger partial charge in [-0.15, -0.1) is 0 Å². The smallest absolute Gasteiger partial charge is 0.337 e. The zero-order valence-electron chi connectivity index (χ0n) is 32.1. The average molecular weight is 800 g/mol. The highest BCUT2D eigenvalue weighted by molar-refractivity contribution is 9.09. The largest absolute Gasteiger partial charge is 0.465 e. The molecule has 2 saturated carbocycles. The molecule has 6 aromatic rings. The molecule has 55 heavy (non-hydrogen) atoms. The third-order valence-electron chi connectivity index (χ3n) is 12.3. The number of carbonyl (C=O) groups is 2. The van der Waals surface area contributed by atoms with Crippen LogP contribution in [0.1, 0.15) is 119 Å². The molecule has 0 spiro atoms. The molecule has 6 nitrogen and oxygen atoms in total. The van der Waals surface area contributed by atoms with E-state index in [0.29, 0.717) is 23.0 Å². The number of aromatic nitrogens is 2. The van der Waals surface area contributed by atoms with Gasteiger partial charge in [-0.1, -0.05) is 115 Å². The SMILES string of the molecule is COC(=O)c1ccc2c(C3CCCCC3)c(-c3ccccc3CCBr)[nH]c2c1.COC(=O)c1ccc2c(C3CCCCC3)c3n(c2c1)CCc1ccccc1-3. The standard InChI is InChI=1S/C24H26BrNO2.C24H25NO2/c1-28-24(27)18-11-12-20-21(15-18)26-23(22(20)17-8-3-2-4-9-17)19-10-6-5-7-16(19)13-14-25;1-27-24(26)18-11-12-20-21(15-18)25-14-13-16-7-5-6-10-19(16)23(25)22(20)17-8-3-2-4-9-17/h5-7,10-12,15,17,26H,2-4,8-9,13-14H2,1H3;5-7,10-12,15,17H,2-4,8-9,13-14H2,1H3. The lowest BCUT2D eigenvalue weighted by molar-refractivity contribution is 0.0592. The molecule has 3 heterocycles. The molecule has 0 radical (unpaired) electrons. The molecule has 3 aliphatic rings. The molecular formula is C48H51BrN2O4. The fourth-order valence-corrected chi connectivity index (χ4v) is 10.2. The van der Waals surface area contributed by atoms with Crippen molar-refractivity contribution in [3.63, 3.8) is 0 Å². The maximum atomic E-state index is 12.1. The number of nitrogens with zero attached hydrogens (tertiary/aromatic N) is 1. The molecular weight excluding hydrogens is 748 g/mol. The number of hydrogen-bond acceptors (Lipinski definition) is 4. The number of methoxy groups -OCH3 is 2. The van der Waals surface area contributed by atoms with Crippen LogP contribution in [0.5, 0.6) is 0 Å². The lowest BCUT2D eigenvalue weighted by Crippen LogP contribution is -2.13. The maximum Gasteiger partial charge on any atom is 0.337 e. The van der Waals surface area contributed by atoms with Crippen LogP contribution >= 0.6 is 15.9 Å². The van der Waals surface area contributed by atoms with E-state index in [4.69, 9.17) is 9.47 Å². The van der Waals surface area contributed by atoms with E-state index in [0.717, 1.165) is 30.2 Å². The molecule has 7 heteroatoms. The minimum Gasteiger partial charge on any atom is -0.465 e. The number of aromatic amines is 1. The summed E-state index contributed by atoms with van der Waals surface area (Å²) in [7, 11) is 2.88. The Morgan fingerprint density at radius 1 is 0.709 bits per heavy atom. The van der Waals surface area contributed by atoms with Crippen LogP contribution in [0.4, 0.5) is 0 Å². The molecule has 0 saturated heterocycles. The van der Waals surface area contributed by atoms with Gasteiger partial charge in [-0.25, -0.2) is 9.59 Å². The predicted molar refractivity (Wildman–Crippen MR) is 227 cm³/mol. The van der Waals surface area contributed by atoms with Crippen LogP contribution in [0.3, 0.4) is 0 Å². The van der Waals surface area contributed by atoms with Gasteiger partial charge in [0.1, 0.15) is 0 Å². The van der Waals surface area contributed by atoms with E-state index in [-0.39, 0.29) is 11.9 Å². The number of nitrogens with one attached hydrogen (secondary N) is 1. The van der Waals surface area contributed by atoms with Crippen LogP contribution in [0, 0.1) is 0 Å². The lowest BCUT2D eigenvalue weighted by atomic mass is 9.81. The van der Waals surface area contributed by atoms with E-state index in [1.54, 1.807) is 0 Å². The molecule has 0 bridgehead atoms. The van der Waals surface area contributed by atoms with Crippen molar-refractivity contribution in [2.75, 3.05) is 19.5 Å². The zero-order valence-corrected chi connectivity index (χ0v) is 33.7. The number of esters is 2. The Balaban J connectivity index is 0.000000155. The van der Waals surface area contributed by atoms with Gasteiger partial charge >= 0.3 is 11.9 Å². The van der Waals surface area contributed by atoms with Gasteiger partial charge in [0.25, 0.3) is 0 Å². The second-order valence-corrected chi connectivity index (χ2v) is 16.3. The number of ether oxygens (including phenoxy) is 2. The first-order valence-electron chi connectivity index (χ1n) is 20.2. The number of halogens is 1. The molecule has 0 atom stereocenters. The number of aryl methyl sites for hydroxylation is 3. The van der Waals surface area contributed by atoms with Gasteiger partial charge in [0.2, 0.25) is 0 Å². The maximum absolute atomic E-state index is 12.1. The van der Waals surface area contributed by atoms with Gasteiger partial charge in [0, 0.05) is 44.8 Å². The molecule has 0 unspecified atom stereocenters. The summed E-state index contributed by atoms with van der Waals surface area (Å²) in [5.41, 5.74) is 14.4. The van der Waals surface area contributed by atoms with Crippen LogP contribution in [0.25, 0.3) is 44.3 Å². The average Bonchev–Trinajstić information content (AvgIpc) is 3.80. The minimum atomic E-state index is -0.294. The van der Waals surface area contributed by atoms with Crippen molar-refractivity contribution in [2.24, 2.45) is 0 Å². The summed E-state index contributed by atoms with van der Waals surface area (Å²) in [6.07, 6.45) is 15.0. The van der Waals surface area contributed by atoms with E-state index in [1.165, 1.54) is 139 Å². The molecule has 1 N–H and O–H groups in total. The monoisotopic (exact) mass is 798 g/mol. The molecule has 4 aromatic carbocycles. The number of hydrogen-bond donors (Lipinski definition) is 1. The zero-order chi connectivity index (χ0) is 37.9.